The van der Waals surface area contributed by atoms with Gasteiger partial charge in [0.1, 0.15) is 23.2 Å². The van der Waals surface area contributed by atoms with Crippen molar-refractivity contribution in [2.24, 2.45) is 0 Å². The molecular weight excluding hydrogens is 347 g/mol. The Morgan fingerprint density at radius 2 is 2.08 bits per heavy atom. The van der Waals surface area contributed by atoms with Crippen LogP contribution in [0, 0.1) is 11.3 Å². The summed E-state index contributed by atoms with van der Waals surface area (Å²) in [5, 5.41) is 22.6. The molecule has 1 unspecified atom stereocenters. The minimum absolute atomic E-state index is 0.101. The molecule has 2 aromatic rings. The van der Waals surface area contributed by atoms with Gasteiger partial charge in [-0.15, -0.1) is 0 Å². The van der Waals surface area contributed by atoms with Crippen molar-refractivity contribution in [1.29, 1.82) is 5.26 Å². The maximum absolute atomic E-state index is 13.0. The first-order valence-electron chi connectivity index (χ1n) is 8.00. The van der Waals surface area contributed by atoms with E-state index in [1.165, 1.54) is 0 Å². The first-order chi connectivity index (χ1) is 12.3. The van der Waals surface area contributed by atoms with Gasteiger partial charge in [-0.25, -0.2) is 9.97 Å². The number of hydrogen-bond acceptors (Lipinski definition) is 6. The van der Waals surface area contributed by atoms with Gasteiger partial charge in [0.05, 0.1) is 16.8 Å². The number of nitriles is 1. The molecule has 1 saturated heterocycles. The molecule has 9 heteroatoms. The summed E-state index contributed by atoms with van der Waals surface area (Å²) < 4.78 is 39.0. The Balaban J connectivity index is 2.15. The second-order valence-corrected chi connectivity index (χ2v) is 6.08. The average molecular weight is 363 g/mol. The van der Waals surface area contributed by atoms with E-state index in [0.717, 1.165) is 37.6 Å². The van der Waals surface area contributed by atoms with Gasteiger partial charge in [-0.2, -0.15) is 18.4 Å². The smallest absolute Gasteiger partial charge is 0.416 e. The zero-order chi connectivity index (χ0) is 18.9. The number of alkyl halides is 3. The quantitative estimate of drug-likeness (QED) is 0.757. The van der Waals surface area contributed by atoms with Crippen LogP contribution in [0.3, 0.4) is 0 Å². The van der Waals surface area contributed by atoms with Gasteiger partial charge in [0.25, 0.3) is 0 Å². The maximum atomic E-state index is 13.0. The highest BCUT2D eigenvalue weighted by Gasteiger charge is 2.32. The summed E-state index contributed by atoms with van der Waals surface area (Å²) in [5.74, 6) is -0.745. The molecule has 1 fully saturated rings. The van der Waals surface area contributed by atoms with Crippen LogP contribution in [0.1, 0.15) is 35.6 Å². The number of phenolic OH excluding ortho intramolecular Hbond substituents is 1. The van der Waals surface area contributed by atoms with Gasteiger partial charge in [-0.05, 0) is 37.6 Å². The molecule has 26 heavy (non-hydrogen) atoms. The Morgan fingerprint density at radius 3 is 2.69 bits per heavy atom. The fraction of sp³-hybridized carbons (Fsp3) is 0.353. The molecule has 0 spiro atoms. The molecule has 1 atom stereocenters. The summed E-state index contributed by atoms with van der Waals surface area (Å²) in [5.41, 5.74) is 5.25. The molecular formula is C17H16F3N5O. The van der Waals surface area contributed by atoms with Crippen LogP contribution < -0.4 is 11.1 Å². The average Bonchev–Trinajstić information content (AvgIpc) is 2.61. The number of nitrogens with zero attached hydrogens (tertiary/aromatic N) is 3. The van der Waals surface area contributed by atoms with Gasteiger partial charge in [0, 0.05) is 12.5 Å². The number of nitrogens with one attached hydrogen (secondary N) is 1. The molecule has 136 valence electrons. The molecule has 0 saturated carbocycles. The number of hydrogen-bond donors (Lipinski definition) is 3. The molecule has 1 aromatic heterocycles. The Kier molecular flexibility index (Phi) is 4.70. The fourth-order valence-electron chi connectivity index (χ4n) is 3.00. The summed E-state index contributed by atoms with van der Waals surface area (Å²) in [6.07, 6.45) is -2.92. The number of aromatic hydroxyl groups is 1. The summed E-state index contributed by atoms with van der Waals surface area (Å²) >= 11 is 0. The van der Waals surface area contributed by atoms with E-state index in [2.05, 4.69) is 15.3 Å². The molecule has 1 aromatic carbocycles. The summed E-state index contributed by atoms with van der Waals surface area (Å²) in [7, 11) is 0. The first-order valence-corrected chi connectivity index (χ1v) is 8.00. The van der Waals surface area contributed by atoms with Crippen LogP contribution >= 0.6 is 0 Å². The maximum Gasteiger partial charge on any atom is 0.416 e. The van der Waals surface area contributed by atoms with E-state index < -0.39 is 17.5 Å². The van der Waals surface area contributed by atoms with Crippen molar-refractivity contribution in [3.05, 3.63) is 35.0 Å². The van der Waals surface area contributed by atoms with Crippen molar-refractivity contribution in [3.8, 4) is 23.2 Å². The fourth-order valence-corrected chi connectivity index (χ4v) is 3.00. The van der Waals surface area contributed by atoms with Crippen LogP contribution in [0.5, 0.6) is 5.75 Å². The van der Waals surface area contributed by atoms with Crippen molar-refractivity contribution in [1.82, 2.24) is 15.3 Å². The van der Waals surface area contributed by atoms with E-state index in [4.69, 9.17) is 5.73 Å². The summed E-state index contributed by atoms with van der Waals surface area (Å²) in [6.45, 7) is 1.43. The Morgan fingerprint density at radius 1 is 1.31 bits per heavy atom. The number of anilines is 1. The summed E-state index contributed by atoms with van der Waals surface area (Å²) in [6, 6.07) is 4.46. The van der Waals surface area contributed by atoms with Crippen LogP contribution in [0.15, 0.2) is 18.2 Å². The number of nitrogen functional groups attached to an aromatic ring is 1. The van der Waals surface area contributed by atoms with E-state index in [1.54, 1.807) is 0 Å². The topological polar surface area (TPSA) is 108 Å². The van der Waals surface area contributed by atoms with E-state index in [1.807, 2.05) is 6.07 Å². The van der Waals surface area contributed by atoms with Gasteiger partial charge in [-0.3, -0.25) is 0 Å². The van der Waals surface area contributed by atoms with E-state index in [-0.39, 0.29) is 28.7 Å². The predicted octanol–water partition coefficient (Wildman–Crippen LogP) is 2.79. The van der Waals surface area contributed by atoms with Crippen LogP contribution in [0.25, 0.3) is 11.4 Å². The number of piperidine rings is 1. The Labute approximate surface area is 147 Å². The number of benzene rings is 1. The van der Waals surface area contributed by atoms with E-state index in [0.29, 0.717) is 12.2 Å². The van der Waals surface area contributed by atoms with Crippen molar-refractivity contribution in [3.63, 3.8) is 0 Å². The molecule has 1 aliphatic heterocycles. The number of phenols is 1. The van der Waals surface area contributed by atoms with Crippen LogP contribution in [-0.2, 0) is 6.18 Å². The molecule has 4 N–H and O–H groups in total. The number of aromatic nitrogens is 2. The lowest BCUT2D eigenvalue weighted by Gasteiger charge is -2.23. The minimum atomic E-state index is -4.57. The first kappa shape index (κ1) is 17.9. The molecule has 6 nitrogen and oxygen atoms in total. The SMILES string of the molecule is N#Cc1c(N)nc(-c2cc(C(F)(F)F)ccc2O)nc1C1CCCNC1. The number of nitrogens with two attached hydrogens (primary N) is 1. The third-order valence-electron chi connectivity index (χ3n) is 4.33. The highest BCUT2D eigenvalue weighted by Crippen LogP contribution is 2.37. The normalized spacial score (nSPS) is 17.7. The second-order valence-electron chi connectivity index (χ2n) is 6.08. The van der Waals surface area contributed by atoms with Gasteiger partial charge < -0.3 is 16.2 Å². The molecule has 0 amide bonds. The third-order valence-corrected chi connectivity index (χ3v) is 4.33. The summed E-state index contributed by atoms with van der Waals surface area (Å²) in [4.78, 5) is 8.25. The van der Waals surface area contributed by atoms with Crippen LogP contribution in [-0.4, -0.2) is 28.2 Å². The van der Waals surface area contributed by atoms with Crippen molar-refractivity contribution in [2.45, 2.75) is 24.9 Å². The zero-order valence-electron chi connectivity index (χ0n) is 13.6. The zero-order valence-corrected chi connectivity index (χ0v) is 13.6. The Bertz CT molecular complexity index is 870. The largest absolute Gasteiger partial charge is 0.507 e. The number of halogens is 3. The Hall–Kier alpha value is -2.86. The predicted molar refractivity (Wildman–Crippen MR) is 88.1 cm³/mol. The molecule has 2 heterocycles. The van der Waals surface area contributed by atoms with Crippen molar-refractivity contribution in [2.75, 3.05) is 18.8 Å². The standard InChI is InChI=1S/C17H16F3N5O/c18-17(19,20)10-3-4-13(26)11(6-10)16-24-14(9-2-1-5-23-8-9)12(7-21)15(22)25-16/h3-4,6,9,23,26H,1-2,5,8H2,(H2,22,24,25). The molecule has 1 aliphatic rings. The third kappa shape index (κ3) is 3.41. The minimum Gasteiger partial charge on any atom is -0.507 e. The van der Waals surface area contributed by atoms with Crippen LogP contribution in [0.2, 0.25) is 0 Å². The highest BCUT2D eigenvalue weighted by atomic mass is 19.4. The van der Waals surface area contributed by atoms with Crippen LogP contribution in [0.4, 0.5) is 19.0 Å². The van der Waals surface area contributed by atoms with Gasteiger partial charge in [0.15, 0.2) is 5.82 Å². The molecule has 0 aliphatic carbocycles. The van der Waals surface area contributed by atoms with E-state index >= 15 is 0 Å². The number of rotatable bonds is 2. The van der Waals surface area contributed by atoms with Crippen molar-refractivity contribution >= 4 is 5.82 Å². The monoisotopic (exact) mass is 363 g/mol. The van der Waals surface area contributed by atoms with E-state index in [9.17, 15) is 23.5 Å². The van der Waals surface area contributed by atoms with Crippen molar-refractivity contribution < 1.29 is 18.3 Å². The van der Waals surface area contributed by atoms with Gasteiger partial charge >= 0.3 is 6.18 Å². The highest BCUT2D eigenvalue weighted by molar-refractivity contribution is 5.68. The van der Waals surface area contributed by atoms with Gasteiger partial charge in [-0.1, -0.05) is 0 Å². The molecule has 0 radical (unpaired) electrons. The second kappa shape index (κ2) is 6.80. The lowest BCUT2D eigenvalue weighted by atomic mass is 9.93. The van der Waals surface area contributed by atoms with Gasteiger partial charge in [0.2, 0.25) is 0 Å². The lowest BCUT2D eigenvalue weighted by Crippen LogP contribution is -2.29. The lowest BCUT2D eigenvalue weighted by molar-refractivity contribution is -0.137. The molecule has 0 bridgehead atoms. The molecule has 3 rings (SSSR count).